The lowest BCUT2D eigenvalue weighted by Crippen LogP contribution is -2.43. The van der Waals surface area contributed by atoms with E-state index in [4.69, 9.17) is 5.84 Å². The predicted octanol–water partition coefficient (Wildman–Crippen LogP) is 2.59. The molecule has 0 amide bonds. The van der Waals surface area contributed by atoms with Gasteiger partial charge in [0.2, 0.25) is 0 Å². The van der Waals surface area contributed by atoms with Crippen LogP contribution in [0.1, 0.15) is 30.9 Å². The molecule has 0 radical (unpaired) electrons. The lowest BCUT2D eigenvalue weighted by molar-refractivity contribution is 0.321. The zero-order chi connectivity index (χ0) is 12.3. The Morgan fingerprint density at radius 3 is 2.82 bits per heavy atom. The van der Waals surface area contributed by atoms with Gasteiger partial charge in [-0.3, -0.25) is 11.3 Å². The van der Waals surface area contributed by atoms with Crippen LogP contribution >= 0.6 is 0 Å². The number of nitrogens with one attached hydrogen (secondary N) is 1. The third-order valence-corrected chi connectivity index (χ3v) is 3.74. The second-order valence-electron chi connectivity index (χ2n) is 5.21. The molecule has 1 aromatic rings. The smallest absolute Gasteiger partial charge is 0.0278 e. The van der Waals surface area contributed by atoms with E-state index in [1.165, 1.54) is 29.5 Å². The Bertz CT molecular complexity index is 398. The average molecular weight is 230 g/mol. The van der Waals surface area contributed by atoms with Crippen LogP contribution < -0.4 is 11.3 Å². The lowest BCUT2D eigenvalue weighted by Gasteiger charge is -2.31. The van der Waals surface area contributed by atoms with E-state index < -0.39 is 0 Å². The highest BCUT2D eigenvalue weighted by atomic mass is 15.2. The Labute approximate surface area is 104 Å². The van der Waals surface area contributed by atoms with E-state index in [0.29, 0.717) is 12.0 Å². The van der Waals surface area contributed by atoms with E-state index in [-0.39, 0.29) is 0 Å². The number of hydrazine groups is 1. The summed E-state index contributed by atoms with van der Waals surface area (Å²) in [6, 6.07) is 9.11. The van der Waals surface area contributed by atoms with Crippen molar-refractivity contribution in [3.8, 4) is 0 Å². The molecule has 2 atom stereocenters. The zero-order valence-electron chi connectivity index (χ0n) is 10.6. The monoisotopic (exact) mass is 230 g/mol. The molecule has 3 N–H and O–H groups in total. The summed E-state index contributed by atoms with van der Waals surface area (Å²) in [5, 5.41) is 0. The third kappa shape index (κ3) is 2.96. The minimum Gasteiger partial charge on any atom is -0.271 e. The first-order valence-corrected chi connectivity index (χ1v) is 6.38. The summed E-state index contributed by atoms with van der Waals surface area (Å²) < 4.78 is 0. The van der Waals surface area contributed by atoms with Crippen molar-refractivity contribution < 1.29 is 0 Å². The summed E-state index contributed by atoms with van der Waals surface area (Å²) in [6.07, 6.45) is 4.51. The van der Waals surface area contributed by atoms with Crippen LogP contribution in [-0.4, -0.2) is 6.04 Å². The molecule has 0 aliphatic heterocycles. The van der Waals surface area contributed by atoms with Crippen LogP contribution in [0.15, 0.2) is 36.4 Å². The fourth-order valence-electron chi connectivity index (χ4n) is 2.81. The first-order chi connectivity index (χ1) is 8.20. The van der Waals surface area contributed by atoms with E-state index in [1.807, 2.05) is 0 Å². The highest BCUT2D eigenvalue weighted by molar-refractivity contribution is 5.30. The summed E-state index contributed by atoms with van der Waals surface area (Å²) in [7, 11) is 0. The Balaban J connectivity index is 2.08. The number of fused-ring (bicyclic) bond motifs is 1. The molecule has 2 unspecified atom stereocenters. The molecule has 2 nitrogen and oxygen atoms in total. The van der Waals surface area contributed by atoms with Gasteiger partial charge in [-0.2, -0.15) is 0 Å². The Morgan fingerprint density at radius 1 is 1.47 bits per heavy atom. The van der Waals surface area contributed by atoms with Gasteiger partial charge in [-0.15, -0.1) is 6.58 Å². The van der Waals surface area contributed by atoms with Crippen molar-refractivity contribution in [1.29, 1.82) is 0 Å². The first kappa shape index (κ1) is 12.3. The van der Waals surface area contributed by atoms with E-state index in [9.17, 15) is 0 Å². The van der Waals surface area contributed by atoms with Crippen LogP contribution in [0.4, 0.5) is 0 Å². The molecule has 0 saturated heterocycles. The SMILES string of the molecule is C=C(C)CC(NN)C1CCc2ccccc2C1. The van der Waals surface area contributed by atoms with Crippen LogP contribution in [0.2, 0.25) is 0 Å². The van der Waals surface area contributed by atoms with Crippen molar-refractivity contribution in [2.75, 3.05) is 0 Å². The quantitative estimate of drug-likeness (QED) is 0.474. The molecule has 92 valence electrons. The van der Waals surface area contributed by atoms with Crippen LogP contribution in [0, 0.1) is 5.92 Å². The predicted molar refractivity (Wildman–Crippen MR) is 72.5 cm³/mol. The molecule has 0 spiro atoms. The van der Waals surface area contributed by atoms with Gasteiger partial charge in [0.05, 0.1) is 0 Å². The second-order valence-corrected chi connectivity index (χ2v) is 5.21. The van der Waals surface area contributed by atoms with Crippen LogP contribution in [-0.2, 0) is 12.8 Å². The van der Waals surface area contributed by atoms with E-state index in [2.05, 4.69) is 43.2 Å². The third-order valence-electron chi connectivity index (χ3n) is 3.74. The van der Waals surface area contributed by atoms with Gasteiger partial charge < -0.3 is 0 Å². The number of hydrogen-bond acceptors (Lipinski definition) is 2. The van der Waals surface area contributed by atoms with Gasteiger partial charge in [-0.1, -0.05) is 29.8 Å². The fraction of sp³-hybridized carbons (Fsp3) is 0.467. The van der Waals surface area contributed by atoms with Gasteiger partial charge in [0, 0.05) is 6.04 Å². The Kier molecular flexibility index (Phi) is 3.97. The maximum absolute atomic E-state index is 5.68. The van der Waals surface area contributed by atoms with Crippen molar-refractivity contribution in [3.05, 3.63) is 47.5 Å². The van der Waals surface area contributed by atoms with Gasteiger partial charge in [-0.05, 0) is 49.7 Å². The van der Waals surface area contributed by atoms with Gasteiger partial charge in [0.1, 0.15) is 0 Å². The number of benzene rings is 1. The molecule has 0 saturated carbocycles. The molecule has 17 heavy (non-hydrogen) atoms. The van der Waals surface area contributed by atoms with Crippen molar-refractivity contribution in [2.24, 2.45) is 11.8 Å². The lowest BCUT2D eigenvalue weighted by atomic mass is 9.79. The number of rotatable bonds is 4. The van der Waals surface area contributed by atoms with Crippen molar-refractivity contribution in [2.45, 2.75) is 38.6 Å². The first-order valence-electron chi connectivity index (χ1n) is 6.38. The van der Waals surface area contributed by atoms with E-state index in [0.717, 1.165) is 12.8 Å². The molecule has 1 aliphatic carbocycles. The highest BCUT2D eigenvalue weighted by Crippen LogP contribution is 2.29. The van der Waals surface area contributed by atoms with Gasteiger partial charge in [0.15, 0.2) is 0 Å². The molecule has 0 bridgehead atoms. The Morgan fingerprint density at radius 2 is 2.18 bits per heavy atom. The van der Waals surface area contributed by atoms with Crippen molar-refractivity contribution in [3.63, 3.8) is 0 Å². The molecule has 2 heteroatoms. The Hall–Kier alpha value is -1.12. The van der Waals surface area contributed by atoms with E-state index in [1.54, 1.807) is 0 Å². The summed E-state index contributed by atoms with van der Waals surface area (Å²) in [6.45, 7) is 6.06. The molecule has 0 aromatic heterocycles. The second kappa shape index (κ2) is 5.48. The topological polar surface area (TPSA) is 38.0 Å². The largest absolute Gasteiger partial charge is 0.271 e. The summed E-state index contributed by atoms with van der Waals surface area (Å²) in [5.74, 6) is 6.31. The van der Waals surface area contributed by atoms with Gasteiger partial charge in [0.25, 0.3) is 0 Å². The standard InChI is InChI=1S/C15H22N2/c1-11(2)9-15(17-16)14-8-7-12-5-3-4-6-13(12)10-14/h3-6,14-15,17H,1,7-10,16H2,2H3. The maximum Gasteiger partial charge on any atom is 0.0278 e. The highest BCUT2D eigenvalue weighted by Gasteiger charge is 2.25. The molecule has 1 aliphatic rings. The van der Waals surface area contributed by atoms with Gasteiger partial charge in [-0.25, -0.2) is 0 Å². The summed E-state index contributed by atoms with van der Waals surface area (Å²) in [5.41, 5.74) is 7.17. The minimum absolute atomic E-state index is 0.362. The molecule has 0 fully saturated rings. The maximum atomic E-state index is 5.68. The van der Waals surface area contributed by atoms with Crippen LogP contribution in [0.25, 0.3) is 0 Å². The van der Waals surface area contributed by atoms with Crippen molar-refractivity contribution >= 4 is 0 Å². The zero-order valence-corrected chi connectivity index (χ0v) is 10.6. The fourth-order valence-corrected chi connectivity index (χ4v) is 2.81. The molecule has 2 rings (SSSR count). The minimum atomic E-state index is 0.362. The number of aryl methyl sites for hydroxylation is 1. The molecular weight excluding hydrogens is 208 g/mol. The van der Waals surface area contributed by atoms with Crippen LogP contribution in [0.3, 0.4) is 0 Å². The molecular formula is C15H22N2. The van der Waals surface area contributed by atoms with E-state index >= 15 is 0 Å². The average Bonchev–Trinajstić information content (AvgIpc) is 2.35. The molecule has 1 aromatic carbocycles. The van der Waals surface area contributed by atoms with Crippen molar-refractivity contribution in [1.82, 2.24) is 5.43 Å². The molecule has 0 heterocycles. The number of hydrogen-bond donors (Lipinski definition) is 2. The summed E-state index contributed by atoms with van der Waals surface area (Å²) in [4.78, 5) is 0. The van der Waals surface area contributed by atoms with Crippen LogP contribution in [0.5, 0.6) is 0 Å². The number of nitrogens with two attached hydrogens (primary N) is 1. The van der Waals surface area contributed by atoms with Gasteiger partial charge >= 0.3 is 0 Å². The summed E-state index contributed by atoms with van der Waals surface area (Å²) >= 11 is 0. The normalized spacial score (nSPS) is 20.7.